The maximum Gasteiger partial charge on any atom is 0.311 e. The molecular weight excluding hydrogens is 304 g/mol. The first kappa shape index (κ1) is 16.8. The molecule has 2 aliphatic rings. The molecule has 2 saturated heterocycles. The van der Waals surface area contributed by atoms with Gasteiger partial charge in [-0.25, -0.2) is 0 Å². The van der Waals surface area contributed by atoms with E-state index in [9.17, 15) is 14.7 Å². The van der Waals surface area contributed by atoms with Gasteiger partial charge in [-0.2, -0.15) is 0 Å². The zero-order chi connectivity index (χ0) is 17.2. The lowest BCUT2D eigenvalue weighted by atomic mass is 9.77. The van der Waals surface area contributed by atoms with Gasteiger partial charge in [-0.15, -0.1) is 0 Å². The summed E-state index contributed by atoms with van der Waals surface area (Å²) in [5.41, 5.74) is 0.899. The van der Waals surface area contributed by atoms with Gasteiger partial charge in [0.1, 0.15) is 0 Å². The van der Waals surface area contributed by atoms with Crippen LogP contribution in [0.3, 0.4) is 0 Å². The number of amides is 1. The Hall–Kier alpha value is -2.04. The SMILES string of the molecule is CC[C@]1(C(=O)O)CCCN(C(=O)c2ccccc2N2CCCC2)C1. The summed E-state index contributed by atoms with van der Waals surface area (Å²) in [5.74, 6) is -0.813. The molecule has 1 amide bonds. The summed E-state index contributed by atoms with van der Waals surface area (Å²) in [6.07, 6.45) is 4.27. The Morgan fingerprint density at radius 3 is 2.50 bits per heavy atom. The van der Waals surface area contributed by atoms with Crippen molar-refractivity contribution in [3.05, 3.63) is 29.8 Å². The minimum atomic E-state index is -0.795. The maximum atomic E-state index is 13.1. The summed E-state index contributed by atoms with van der Waals surface area (Å²) < 4.78 is 0. The van der Waals surface area contributed by atoms with Crippen LogP contribution in [0, 0.1) is 5.41 Å². The van der Waals surface area contributed by atoms with Crippen molar-refractivity contribution in [2.75, 3.05) is 31.1 Å². The van der Waals surface area contributed by atoms with Crippen molar-refractivity contribution >= 4 is 17.6 Å². The van der Waals surface area contributed by atoms with E-state index in [0.717, 1.165) is 38.0 Å². The third-order valence-electron chi connectivity index (χ3n) is 5.58. The Balaban J connectivity index is 1.85. The fourth-order valence-corrected chi connectivity index (χ4v) is 3.98. The molecule has 2 heterocycles. The number of carbonyl (C=O) groups excluding carboxylic acids is 1. The molecule has 0 aliphatic carbocycles. The first-order chi connectivity index (χ1) is 11.6. The molecule has 24 heavy (non-hydrogen) atoms. The summed E-state index contributed by atoms with van der Waals surface area (Å²) in [6.45, 7) is 4.82. The van der Waals surface area contributed by atoms with E-state index in [2.05, 4.69) is 4.90 Å². The molecule has 0 radical (unpaired) electrons. The highest BCUT2D eigenvalue weighted by Gasteiger charge is 2.42. The van der Waals surface area contributed by atoms with Crippen LogP contribution in [-0.2, 0) is 4.79 Å². The van der Waals surface area contributed by atoms with Crippen molar-refractivity contribution in [2.45, 2.75) is 39.0 Å². The highest BCUT2D eigenvalue weighted by molar-refractivity contribution is 6.00. The lowest BCUT2D eigenvalue weighted by Gasteiger charge is -2.39. The number of aliphatic carboxylic acids is 1. The number of carbonyl (C=O) groups is 2. The van der Waals surface area contributed by atoms with E-state index >= 15 is 0 Å². The summed E-state index contributed by atoms with van der Waals surface area (Å²) in [7, 11) is 0. The number of carboxylic acid groups (broad SMARTS) is 1. The molecule has 0 spiro atoms. The number of para-hydroxylation sites is 1. The van der Waals surface area contributed by atoms with Crippen molar-refractivity contribution < 1.29 is 14.7 Å². The Labute approximate surface area is 143 Å². The number of rotatable bonds is 4. The van der Waals surface area contributed by atoms with Gasteiger partial charge in [0.2, 0.25) is 0 Å². The second-order valence-corrected chi connectivity index (χ2v) is 6.98. The van der Waals surface area contributed by atoms with Crippen LogP contribution in [0.25, 0.3) is 0 Å². The molecule has 2 aliphatic heterocycles. The first-order valence-electron chi connectivity index (χ1n) is 8.94. The maximum absolute atomic E-state index is 13.1. The Morgan fingerprint density at radius 1 is 1.12 bits per heavy atom. The average Bonchev–Trinajstić information content (AvgIpc) is 3.15. The van der Waals surface area contributed by atoms with Gasteiger partial charge in [0.15, 0.2) is 0 Å². The van der Waals surface area contributed by atoms with Gasteiger partial charge in [-0.3, -0.25) is 9.59 Å². The standard InChI is InChI=1S/C19H26N2O3/c1-2-19(18(23)24)10-7-13-21(14-19)17(22)15-8-3-4-9-16(15)20-11-5-6-12-20/h3-4,8-9H,2,5-7,10-14H2,1H3,(H,23,24)/t19-/m0/s1. The quantitative estimate of drug-likeness (QED) is 0.922. The molecule has 130 valence electrons. The zero-order valence-corrected chi connectivity index (χ0v) is 14.3. The van der Waals surface area contributed by atoms with Crippen molar-refractivity contribution in [3.8, 4) is 0 Å². The van der Waals surface area contributed by atoms with Gasteiger partial charge in [0.05, 0.1) is 11.0 Å². The number of hydrogen-bond acceptors (Lipinski definition) is 3. The molecule has 1 atom stereocenters. The molecule has 0 bridgehead atoms. The summed E-state index contributed by atoms with van der Waals surface area (Å²) in [6, 6.07) is 7.74. The second-order valence-electron chi connectivity index (χ2n) is 6.98. The molecule has 0 unspecified atom stereocenters. The molecule has 3 rings (SSSR count). The fraction of sp³-hybridized carbons (Fsp3) is 0.579. The number of anilines is 1. The van der Waals surface area contributed by atoms with Crippen LogP contribution >= 0.6 is 0 Å². The molecule has 5 heteroatoms. The van der Waals surface area contributed by atoms with Crippen LogP contribution in [0.2, 0.25) is 0 Å². The van der Waals surface area contributed by atoms with E-state index in [-0.39, 0.29) is 5.91 Å². The molecule has 1 N–H and O–H groups in total. The van der Waals surface area contributed by atoms with Gasteiger partial charge in [-0.05, 0) is 44.2 Å². The highest BCUT2D eigenvalue weighted by Crippen LogP contribution is 2.35. The van der Waals surface area contributed by atoms with Crippen LogP contribution in [0.15, 0.2) is 24.3 Å². The van der Waals surface area contributed by atoms with Crippen LogP contribution in [-0.4, -0.2) is 48.1 Å². The minimum absolute atomic E-state index is 0.0312. The normalized spacial score (nSPS) is 24.2. The molecule has 1 aromatic carbocycles. The van der Waals surface area contributed by atoms with Gasteiger partial charge in [0.25, 0.3) is 5.91 Å². The van der Waals surface area contributed by atoms with E-state index < -0.39 is 11.4 Å². The zero-order valence-electron chi connectivity index (χ0n) is 14.3. The number of likely N-dealkylation sites (tertiary alicyclic amines) is 1. The summed E-state index contributed by atoms with van der Waals surface area (Å²) in [5, 5.41) is 9.64. The Morgan fingerprint density at radius 2 is 1.83 bits per heavy atom. The second kappa shape index (κ2) is 6.83. The number of hydrogen-bond donors (Lipinski definition) is 1. The first-order valence-corrected chi connectivity index (χ1v) is 8.94. The van der Waals surface area contributed by atoms with E-state index in [4.69, 9.17) is 0 Å². The number of piperidine rings is 1. The Kier molecular flexibility index (Phi) is 4.78. The van der Waals surface area contributed by atoms with Crippen LogP contribution in [0.1, 0.15) is 49.4 Å². The average molecular weight is 330 g/mol. The fourth-order valence-electron chi connectivity index (χ4n) is 3.98. The summed E-state index contributed by atoms with van der Waals surface area (Å²) in [4.78, 5) is 28.9. The molecule has 0 saturated carbocycles. The molecular formula is C19H26N2O3. The molecule has 0 aromatic heterocycles. The van der Waals surface area contributed by atoms with Gasteiger partial charge < -0.3 is 14.9 Å². The number of carboxylic acids is 1. The Bertz CT molecular complexity index is 625. The van der Waals surface area contributed by atoms with E-state index in [1.165, 1.54) is 0 Å². The van der Waals surface area contributed by atoms with Gasteiger partial charge in [0, 0.05) is 31.9 Å². The van der Waals surface area contributed by atoms with E-state index in [0.29, 0.717) is 31.5 Å². The van der Waals surface area contributed by atoms with Crippen LogP contribution in [0.4, 0.5) is 5.69 Å². The monoisotopic (exact) mass is 330 g/mol. The van der Waals surface area contributed by atoms with Gasteiger partial charge >= 0.3 is 5.97 Å². The van der Waals surface area contributed by atoms with Crippen molar-refractivity contribution in [1.29, 1.82) is 0 Å². The van der Waals surface area contributed by atoms with Crippen LogP contribution < -0.4 is 4.90 Å². The van der Waals surface area contributed by atoms with Gasteiger partial charge in [-0.1, -0.05) is 19.1 Å². The topological polar surface area (TPSA) is 60.9 Å². The lowest BCUT2D eigenvalue weighted by Crippen LogP contribution is -2.49. The summed E-state index contributed by atoms with van der Waals surface area (Å²) >= 11 is 0. The molecule has 5 nitrogen and oxygen atoms in total. The van der Waals surface area contributed by atoms with Crippen molar-refractivity contribution in [1.82, 2.24) is 4.90 Å². The van der Waals surface area contributed by atoms with Crippen LogP contribution in [0.5, 0.6) is 0 Å². The van der Waals surface area contributed by atoms with E-state index in [1.54, 1.807) is 4.90 Å². The molecule has 2 fully saturated rings. The molecule has 1 aromatic rings. The predicted molar refractivity (Wildman–Crippen MR) is 93.4 cm³/mol. The number of nitrogens with zero attached hydrogens (tertiary/aromatic N) is 2. The smallest absolute Gasteiger partial charge is 0.311 e. The van der Waals surface area contributed by atoms with Crippen molar-refractivity contribution in [2.24, 2.45) is 5.41 Å². The largest absolute Gasteiger partial charge is 0.481 e. The minimum Gasteiger partial charge on any atom is -0.481 e. The van der Waals surface area contributed by atoms with E-state index in [1.807, 2.05) is 31.2 Å². The number of benzene rings is 1. The van der Waals surface area contributed by atoms with Crippen molar-refractivity contribution in [3.63, 3.8) is 0 Å². The predicted octanol–water partition coefficient (Wildman–Crippen LogP) is 3.00. The third kappa shape index (κ3) is 2.99. The lowest BCUT2D eigenvalue weighted by molar-refractivity contribution is -0.152. The third-order valence-corrected chi connectivity index (χ3v) is 5.58. The highest BCUT2D eigenvalue weighted by atomic mass is 16.4.